The van der Waals surface area contributed by atoms with Gasteiger partial charge in [0.25, 0.3) is 5.91 Å². The highest BCUT2D eigenvalue weighted by atomic mass is 32.2. The van der Waals surface area contributed by atoms with E-state index >= 15 is 0 Å². The molecule has 1 N–H and O–H groups in total. The van der Waals surface area contributed by atoms with E-state index in [-0.39, 0.29) is 37.5 Å². The van der Waals surface area contributed by atoms with E-state index in [4.69, 9.17) is 0 Å². The maximum Gasteiger partial charge on any atom is 0.296 e. The summed E-state index contributed by atoms with van der Waals surface area (Å²) in [7, 11) is -2.45. The van der Waals surface area contributed by atoms with Gasteiger partial charge < -0.3 is 5.11 Å². The van der Waals surface area contributed by atoms with Gasteiger partial charge in [-0.2, -0.15) is 5.10 Å². The molecule has 12 nitrogen and oxygen atoms in total. The van der Waals surface area contributed by atoms with Crippen LogP contribution in [0.15, 0.2) is 81.4 Å². The fourth-order valence-electron chi connectivity index (χ4n) is 4.30. The molecule has 0 saturated carbocycles. The summed E-state index contributed by atoms with van der Waals surface area (Å²) in [6.45, 7) is 1.86. The lowest BCUT2D eigenvalue weighted by molar-refractivity contribution is -0.508. The highest BCUT2D eigenvalue weighted by Gasteiger charge is 2.47. The summed E-state index contributed by atoms with van der Waals surface area (Å²) in [5, 5.41) is 26.1. The lowest BCUT2D eigenvalue weighted by atomic mass is 9.95. The third-order valence-electron chi connectivity index (χ3n) is 6.35. The number of anilines is 1. The SMILES string of the molecule is Cc1ccc(C(=O)C2=C(O)C(=O)N(c3ncc(S(=O)(=O)C4=CCC([N+](=O)[O-])C=C4)s3)C2c2ccn(C)n2)cc1. The molecule has 1 amide bonds. The lowest BCUT2D eigenvalue weighted by Gasteiger charge is -2.22. The standard InChI is InChI=1S/C25H21N5O7S2/c1-14-3-5-15(6-4-14)22(31)20-21(18-11-12-28(2)27-18)29(24(33)23(20)32)25-26-13-19(38-25)39(36,37)17-9-7-16(8-10-17)30(34)35/h3-7,9-13,16,21,32H,8H2,1-2H3. The van der Waals surface area contributed by atoms with Crippen LogP contribution in [0.5, 0.6) is 0 Å². The molecule has 14 heteroatoms. The molecule has 39 heavy (non-hydrogen) atoms. The van der Waals surface area contributed by atoms with Crippen molar-refractivity contribution >= 4 is 38.0 Å². The first-order valence-electron chi connectivity index (χ1n) is 11.6. The van der Waals surface area contributed by atoms with Gasteiger partial charge in [0.05, 0.1) is 22.4 Å². The first-order chi connectivity index (χ1) is 18.5. The maximum atomic E-state index is 13.5. The zero-order valence-electron chi connectivity index (χ0n) is 20.6. The molecule has 0 radical (unpaired) electrons. The van der Waals surface area contributed by atoms with Gasteiger partial charge in [-0.15, -0.1) is 0 Å². The summed E-state index contributed by atoms with van der Waals surface area (Å²) in [5.74, 6) is -2.29. The maximum absolute atomic E-state index is 13.5. The van der Waals surface area contributed by atoms with Gasteiger partial charge in [-0.1, -0.05) is 47.2 Å². The van der Waals surface area contributed by atoms with Crippen LogP contribution >= 0.6 is 11.3 Å². The van der Waals surface area contributed by atoms with Gasteiger partial charge in [0.15, 0.2) is 16.7 Å². The largest absolute Gasteiger partial charge is 0.503 e. The van der Waals surface area contributed by atoms with Gasteiger partial charge in [0.1, 0.15) is 10.3 Å². The first-order valence-corrected chi connectivity index (χ1v) is 13.9. The highest BCUT2D eigenvalue weighted by molar-refractivity contribution is 7.97. The minimum Gasteiger partial charge on any atom is -0.503 e. The summed E-state index contributed by atoms with van der Waals surface area (Å²) in [6, 6.07) is 6.04. The third-order valence-corrected chi connectivity index (χ3v) is 9.61. The van der Waals surface area contributed by atoms with Crippen LogP contribution in [0.1, 0.15) is 34.1 Å². The number of hydrogen-bond acceptors (Lipinski definition) is 10. The Morgan fingerprint density at radius 3 is 2.54 bits per heavy atom. The Labute approximate surface area is 226 Å². The normalized spacial score (nSPS) is 19.5. The Bertz CT molecular complexity index is 1710. The van der Waals surface area contributed by atoms with Crippen LogP contribution in [0, 0.1) is 17.0 Å². The van der Waals surface area contributed by atoms with Crippen LogP contribution in [0.3, 0.4) is 0 Å². The molecule has 200 valence electrons. The van der Waals surface area contributed by atoms with Gasteiger partial charge in [-0.3, -0.25) is 29.3 Å². The number of aliphatic hydroxyl groups is 1. The molecule has 0 fully saturated rings. The molecule has 2 aliphatic rings. The molecule has 2 unspecified atom stereocenters. The van der Waals surface area contributed by atoms with Gasteiger partial charge in [0.2, 0.25) is 15.9 Å². The number of aromatic nitrogens is 3. The monoisotopic (exact) mass is 567 g/mol. The summed E-state index contributed by atoms with van der Waals surface area (Å²) < 4.78 is 27.7. The van der Waals surface area contributed by atoms with E-state index in [0.717, 1.165) is 16.7 Å². The average Bonchev–Trinajstić information content (AvgIpc) is 3.63. The number of allylic oxidation sites excluding steroid dienone is 1. The van der Waals surface area contributed by atoms with E-state index in [9.17, 15) is 33.2 Å². The number of hydrogen-bond donors (Lipinski definition) is 1. The van der Waals surface area contributed by atoms with Crippen molar-refractivity contribution in [2.45, 2.75) is 29.6 Å². The number of carbonyl (C=O) groups excluding carboxylic acids is 2. The van der Waals surface area contributed by atoms with Crippen molar-refractivity contribution in [3.05, 3.63) is 104 Å². The van der Waals surface area contributed by atoms with Crippen molar-refractivity contribution in [1.29, 1.82) is 0 Å². The van der Waals surface area contributed by atoms with E-state index in [1.807, 2.05) is 6.92 Å². The Morgan fingerprint density at radius 1 is 1.23 bits per heavy atom. The molecule has 3 heterocycles. The van der Waals surface area contributed by atoms with Gasteiger partial charge in [-0.05, 0) is 25.1 Å². The third kappa shape index (κ3) is 4.57. The predicted molar refractivity (Wildman–Crippen MR) is 141 cm³/mol. The van der Waals surface area contributed by atoms with E-state index in [2.05, 4.69) is 10.1 Å². The van der Waals surface area contributed by atoms with Gasteiger partial charge in [-0.25, -0.2) is 13.4 Å². The Hall–Kier alpha value is -4.43. The average molecular weight is 568 g/mol. The number of thiazole rings is 1. The fourth-order valence-corrected chi connectivity index (χ4v) is 6.93. The lowest BCUT2D eigenvalue weighted by Crippen LogP contribution is -2.31. The number of rotatable bonds is 7. The number of nitro groups is 1. The second-order valence-corrected chi connectivity index (χ2v) is 12.2. The summed E-state index contributed by atoms with van der Waals surface area (Å²) in [5.41, 5.74) is 1.24. The summed E-state index contributed by atoms with van der Waals surface area (Å²) in [4.78, 5) is 42.4. The van der Waals surface area contributed by atoms with Crippen molar-refractivity contribution in [3.8, 4) is 0 Å². The van der Waals surface area contributed by atoms with Crippen LogP contribution in [-0.2, 0) is 21.7 Å². The molecular weight excluding hydrogens is 546 g/mol. The number of aryl methyl sites for hydroxylation is 2. The Morgan fingerprint density at radius 2 is 1.95 bits per heavy atom. The number of benzene rings is 1. The minimum atomic E-state index is -4.10. The number of Topliss-reactive ketones (excluding diaryl/α,β-unsaturated/α-hetero) is 1. The van der Waals surface area contributed by atoms with Gasteiger partial charge in [0, 0.05) is 30.2 Å². The molecule has 1 aromatic carbocycles. The number of aliphatic hydroxyl groups excluding tert-OH is 1. The first kappa shape index (κ1) is 26.2. The minimum absolute atomic E-state index is 0.0731. The molecule has 0 spiro atoms. The molecule has 3 aromatic rings. The number of sulfone groups is 1. The summed E-state index contributed by atoms with van der Waals surface area (Å²) >= 11 is 0.674. The zero-order valence-corrected chi connectivity index (χ0v) is 22.2. The zero-order chi connectivity index (χ0) is 28.1. The Kier molecular flexibility index (Phi) is 6.52. The van der Waals surface area contributed by atoms with Crippen LogP contribution in [-0.4, -0.2) is 50.9 Å². The number of carbonyl (C=O) groups is 2. The van der Waals surface area contributed by atoms with Crippen molar-refractivity contribution in [2.24, 2.45) is 7.05 Å². The summed E-state index contributed by atoms with van der Waals surface area (Å²) in [6.07, 6.45) is 6.25. The van der Waals surface area contributed by atoms with E-state index < -0.39 is 44.3 Å². The second-order valence-electron chi connectivity index (χ2n) is 8.97. The number of nitrogens with zero attached hydrogens (tertiary/aromatic N) is 5. The van der Waals surface area contributed by atoms with E-state index in [0.29, 0.717) is 11.3 Å². The molecule has 2 atom stereocenters. The second kappa shape index (κ2) is 9.71. The Balaban J connectivity index is 1.54. The molecule has 0 bridgehead atoms. The topological polar surface area (TPSA) is 166 Å². The van der Waals surface area contributed by atoms with Crippen molar-refractivity contribution in [3.63, 3.8) is 0 Å². The van der Waals surface area contributed by atoms with Crippen LogP contribution in [0.25, 0.3) is 0 Å². The molecule has 5 rings (SSSR count). The van der Waals surface area contributed by atoms with Crippen LogP contribution in [0.2, 0.25) is 0 Å². The fraction of sp³-hybridized carbons (Fsp3) is 0.200. The molecule has 1 aliphatic heterocycles. The molecule has 0 saturated heterocycles. The molecule has 2 aromatic heterocycles. The van der Waals surface area contributed by atoms with Crippen molar-refractivity contribution in [2.75, 3.05) is 4.90 Å². The van der Waals surface area contributed by atoms with Crippen LogP contribution in [0.4, 0.5) is 5.13 Å². The predicted octanol–water partition coefficient (Wildman–Crippen LogP) is 3.23. The smallest absolute Gasteiger partial charge is 0.296 e. The molecule has 1 aliphatic carbocycles. The highest BCUT2D eigenvalue weighted by Crippen LogP contribution is 2.43. The number of ketones is 1. The van der Waals surface area contributed by atoms with Crippen molar-refractivity contribution < 1.29 is 28.0 Å². The van der Waals surface area contributed by atoms with E-state index in [1.54, 1.807) is 43.6 Å². The van der Waals surface area contributed by atoms with Crippen LogP contribution < -0.4 is 4.90 Å². The quantitative estimate of drug-likeness (QED) is 0.256. The van der Waals surface area contributed by atoms with E-state index in [1.165, 1.54) is 22.9 Å². The molecular formula is C25H21N5O7S2. The van der Waals surface area contributed by atoms with Gasteiger partial charge >= 0.3 is 0 Å². The number of amides is 1. The van der Waals surface area contributed by atoms with Crippen molar-refractivity contribution in [1.82, 2.24) is 14.8 Å².